The summed E-state index contributed by atoms with van der Waals surface area (Å²) in [5.41, 5.74) is 2.85. The Bertz CT molecular complexity index is 521. The Morgan fingerprint density at radius 3 is 2.71 bits per heavy atom. The first-order valence-electron chi connectivity index (χ1n) is 7.81. The van der Waals surface area contributed by atoms with Gasteiger partial charge in [0.15, 0.2) is 0 Å². The van der Waals surface area contributed by atoms with Gasteiger partial charge in [-0.25, -0.2) is 0 Å². The summed E-state index contributed by atoms with van der Waals surface area (Å²) in [6.45, 7) is 1.96. The van der Waals surface area contributed by atoms with Crippen molar-refractivity contribution in [3.05, 3.63) is 34.9 Å². The van der Waals surface area contributed by atoms with Crippen LogP contribution in [0.1, 0.15) is 53.6 Å². The first kappa shape index (κ1) is 14.5. The van der Waals surface area contributed by atoms with Gasteiger partial charge >= 0.3 is 0 Å². The van der Waals surface area contributed by atoms with Gasteiger partial charge in [0.25, 0.3) is 5.91 Å². The molecule has 3 rings (SSSR count). The van der Waals surface area contributed by atoms with Crippen molar-refractivity contribution in [3.63, 3.8) is 0 Å². The van der Waals surface area contributed by atoms with Crippen molar-refractivity contribution in [3.8, 4) is 0 Å². The molecule has 1 aliphatic carbocycles. The minimum Gasteiger partial charge on any atom is -0.396 e. The van der Waals surface area contributed by atoms with E-state index in [-0.39, 0.29) is 17.9 Å². The average Bonchev–Trinajstić information content (AvgIpc) is 3.01. The molecule has 1 fully saturated rings. The summed E-state index contributed by atoms with van der Waals surface area (Å²) < 4.78 is 5.37. The number of hydrogen-bond acceptors (Lipinski definition) is 3. The first-order valence-corrected chi connectivity index (χ1v) is 7.81. The molecule has 2 N–H and O–H groups in total. The van der Waals surface area contributed by atoms with Crippen LogP contribution in [0.15, 0.2) is 18.2 Å². The summed E-state index contributed by atoms with van der Waals surface area (Å²) in [5.74, 6) is -0.0527. The second-order valence-electron chi connectivity index (χ2n) is 6.38. The molecular weight excluding hydrogens is 266 g/mol. The lowest BCUT2D eigenvalue weighted by atomic mass is 9.74. The van der Waals surface area contributed by atoms with Crippen LogP contribution in [0.2, 0.25) is 0 Å². The standard InChI is InChI=1S/C17H23NO3/c19-12-17(6-2-1-3-7-17)11-18-16(20)13-4-5-14-9-21-10-15(14)8-13/h4-5,8,19H,1-3,6-7,9-12H2,(H,18,20). The van der Waals surface area contributed by atoms with Gasteiger partial charge in [0.05, 0.1) is 19.8 Å². The predicted octanol–water partition coefficient (Wildman–Crippen LogP) is 2.39. The summed E-state index contributed by atoms with van der Waals surface area (Å²) in [5, 5.41) is 12.7. The molecule has 4 heteroatoms. The number of carbonyl (C=O) groups excluding carboxylic acids is 1. The molecule has 1 amide bonds. The van der Waals surface area contributed by atoms with Gasteiger partial charge in [-0.15, -0.1) is 0 Å². The van der Waals surface area contributed by atoms with Gasteiger partial charge in [-0.2, -0.15) is 0 Å². The molecule has 0 saturated heterocycles. The fourth-order valence-corrected chi connectivity index (χ4v) is 3.38. The van der Waals surface area contributed by atoms with Crippen molar-refractivity contribution in [2.24, 2.45) is 5.41 Å². The van der Waals surface area contributed by atoms with Crippen LogP contribution in [0.5, 0.6) is 0 Å². The van der Waals surface area contributed by atoms with Crippen LogP contribution < -0.4 is 5.32 Å². The van der Waals surface area contributed by atoms with Crippen LogP contribution in [-0.2, 0) is 18.0 Å². The molecule has 114 valence electrons. The smallest absolute Gasteiger partial charge is 0.251 e. The highest BCUT2D eigenvalue weighted by atomic mass is 16.5. The summed E-state index contributed by atoms with van der Waals surface area (Å²) >= 11 is 0. The molecule has 1 heterocycles. The fraction of sp³-hybridized carbons (Fsp3) is 0.588. The molecule has 0 radical (unpaired) electrons. The van der Waals surface area contributed by atoms with E-state index in [4.69, 9.17) is 4.74 Å². The van der Waals surface area contributed by atoms with Gasteiger partial charge < -0.3 is 15.2 Å². The second-order valence-corrected chi connectivity index (χ2v) is 6.38. The normalized spacial score (nSPS) is 20.0. The number of aliphatic hydroxyl groups excluding tert-OH is 1. The Hall–Kier alpha value is -1.39. The topological polar surface area (TPSA) is 58.6 Å². The highest BCUT2D eigenvalue weighted by Crippen LogP contribution is 2.35. The molecule has 0 atom stereocenters. The molecule has 1 aromatic rings. The number of benzene rings is 1. The Morgan fingerprint density at radius 1 is 1.19 bits per heavy atom. The van der Waals surface area contributed by atoms with Crippen LogP contribution in [0.25, 0.3) is 0 Å². The molecule has 4 nitrogen and oxygen atoms in total. The van der Waals surface area contributed by atoms with E-state index >= 15 is 0 Å². The Kier molecular flexibility index (Phi) is 4.27. The quantitative estimate of drug-likeness (QED) is 0.895. The van der Waals surface area contributed by atoms with Crippen molar-refractivity contribution < 1.29 is 14.6 Å². The van der Waals surface area contributed by atoms with E-state index in [1.54, 1.807) is 0 Å². The molecule has 1 aliphatic heterocycles. The van der Waals surface area contributed by atoms with E-state index in [1.807, 2.05) is 18.2 Å². The number of ether oxygens (including phenoxy) is 1. The van der Waals surface area contributed by atoms with Crippen LogP contribution in [-0.4, -0.2) is 24.2 Å². The first-order chi connectivity index (χ1) is 10.2. The van der Waals surface area contributed by atoms with Crippen LogP contribution >= 0.6 is 0 Å². The van der Waals surface area contributed by atoms with E-state index in [1.165, 1.54) is 12.0 Å². The van der Waals surface area contributed by atoms with E-state index in [2.05, 4.69) is 5.32 Å². The lowest BCUT2D eigenvalue weighted by molar-refractivity contribution is 0.0718. The Balaban J connectivity index is 1.63. The molecular formula is C17H23NO3. The van der Waals surface area contributed by atoms with Crippen molar-refractivity contribution in [2.75, 3.05) is 13.2 Å². The number of carbonyl (C=O) groups is 1. The molecule has 21 heavy (non-hydrogen) atoms. The number of nitrogens with one attached hydrogen (secondary N) is 1. The fourth-order valence-electron chi connectivity index (χ4n) is 3.38. The maximum Gasteiger partial charge on any atom is 0.251 e. The lowest BCUT2D eigenvalue weighted by Crippen LogP contribution is -2.41. The number of fused-ring (bicyclic) bond motifs is 1. The number of hydrogen-bond donors (Lipinski definition) is 2. The average molecular weight is 289 g/mol. The van der Waals surface area contributed by atoms with Crippen molar-refractivity contribution in [1.29, 1.82) is 0 Å². The number of aliphatic hydroxyl groups is 1. The molecule has 0 aromatic heterocycles. The van der Waals surface area contributed by atoms with Crippen LogP contribution in [0.3, 0.4) is 0 Å². The van der Waals surface area contributed by atoms with E-state index < -0.39 is 0 Å². The summed E-state index contributed by atoms with van der Waals surface area (Å²) in [7, 11) is 0. The maximum atomic E-state index is 12.3. The predicted molar refractivity (Wildman–Crippen MR) is 79.9 cm³/mol. The molecule has 2 aliphatic rings. The van der Waals surface area contributed by atoms with E-state index in [9.17, 15) is 9.90 Å². The second kappa shape index (κ2) is 6.16. The van der Waals surface area contributed by atoms with Crippen molar-refractivity contribution in [2.45, 2.75) is 45.3 Å². The molecule has 0 unspecified atom stereocenters. The van der Waals surface area contributed by atoms with Gasteiger partial charge in [0.1, 0.15) is 0 Å². The number of amides is 1. The van der Waals surface area contributed by atoms with Gasteiger partial charge in [0, 0.05) is 17.5 Å². The summed E-state index contributed by atoms with van der Waals surface area (Å²) in [4.78, 5) is 12.3. The minimum absolute atomic E-state index is 0.0527. The largest absolute Gasteiger partial charge is 0.396 e. The number of rotatable bonds is 4. The highest BCUT2D eigenvalue weighted by Gasteiger charge is 2.31. The molecule has 1 saturated carbocycles. The van der Waals surface area contributed by atoms with E-state index in [0.29, 0.717) is 25.3 Å². The van der Waals surface area contributed by atoms with Crippen molar-refractivity contribution >= 4 is 5.91 Å². The van der Waals surface area contributed by atoms with Gasteiger partial charge in [-0.1, -0.05) is 25.3 Å². The Labute approximate surface area is 125 Å². The zero-order chi connectivity index (χ0) is 14.7. The third-order valence-electron chi connectivity index (χ3n) is 4.86. The zero-order valence-electron chi connectivity index (χ0n) is 12.4. The molecule has 1 aromatic carbocycles. The summed E-state index contributed by atoms with van der Waals surface area (Å²) in [6.07, 6.45) is 5.53. The van der Waals surface area contributed by atoms with Crippen LogP contribution in [0.4, 0.5) is 0 Å². The lowest BCUT2D eigenvalue weighted by Gasteiger charge is -2.35. The Morgan fingerprint density at radius 2 is 1.95 bits per heavy atom. The summed E-state index contributed by atoms with van der Waals surface area (Å²) in [6, 6.07) is 5.75. The SMILES string of the molecule is O=C(NCC1(CO)CCCCC1)c1ccc2c(c1)COC2. The highest BCUT2D eigenvalue weighted by molar-refractivity contribution is 5.94. The zero-order valence-corrected chi connectivity index (χ0v) is 12.4. The van der Waals surface area contributed by atoms with E-state index in [0.717, 1.165) is 31.2 Å². The van der Waals surface area contributed by atoms with Gasteiger partial charge in [-0.05, 0) is 36.1 Å². The molecule has 0 spiro atoms. The monoisotopic (exact) mass is 289 g/mol. The third-order valence-corrected chi connectivity index (χ3v) is 4.86. The molecule has 0 bridgehead atoms. The van der Waals surface area contributed by atoms with Gasteiger partial charge in [-0.3, -0.25) is 4.79 Å². The minimum atomic E-state index is -0.117. The maximum absolute atomic E-state index is 12.3. The van der Waals surface area contributed by atoms with Crippen LogP contribution in [0, 0.1) is 5.41 Å². The van der Waals surface area contributed by atoms with Gasteiger partial charge in [0.2, 0.25) is 0 Å². The third kappa shape index (κ3) is 3.11. The van der Waals surface area contributed by atoms with Crippen molar-refractivity contribution in [1.82, 2.24) is 5.32 Å².